The summed E-state index contributed by atoms with van der Waals surface area (Å²) in [7, 11) is -0.840. The number of nitrogens with zero attached hydrogens (tertiary/aromatic N) is 1. The molecule has 3 unspecified atom stereocenters. The summed E-state index contributed by atoms with van der Waals surface area (Å²) in [4.78, 5) is 13.9. The van der Waals surface area contributed by atoms with E-state index < -0.39 is 10.8 Å². The molecule has 1 aromatic rings. The highest BCUT2D eigenvalue weighted by Crippen LogP contribution is 2.23. The molecule has 1 amide bonds. The molecule has 0 aromatic heterocycles. The van der Waals surface area contributed by atoms with Gasteiger partial charge in [-0.25, -0.2) is 0 Å². The molecule has 1 aliphatic rings. The van der Waals surface area contributed by atoms with Gasteiger partial charge in [0.2, 0.25) is 5.91 Å². The number of aryl methyl sites for hydroxylation is 1. The molecular weight excluding hydrogens is 284 g/mol. The van der Waals surface area contributed by atoms with E-state index in [2.05, 4.69) is 36.5 Å². The number of benzene rings is 1. The number of rotatable bonds is 6. The van der Waals surface area contributed by atoms with E-state index >= 15 is 0 Å². The first-order valence-electron chi connectivity index (χ1n) is 7.46. The van der Waals surface area contributed by atoms with Gasteiger partial charge < -0.3 is 4.90 Å². The van der Waals surface area contributed by atoms with E-state index in [9.17, 15) is 9.00 Å². The van der Waals surface area contributed by atoms with Crippen LogP contribution in [0.3, 0.4) is 0 Å². The molecular formula is C16H24N2O2S. The van der Waals surface area contributed by atoms with E-state index in [1.54, 1.807) is 6.26 Å². The Hall–Kier alpha value is -1.20. The monoisotopic (exact) mass is 308 g/mol. The summed E-state index contributed by atoms with van der Waals surface area (Å²) in [6.45, 7) is 5.12. The van der Waals surface area contributed by atoms with Crippen molar-refractivity contribution < 1.29 is 9.00 Å². The van der Waals surface area contributed by atoms with Gasteiger partial charge in [-0.2, -0.15) is 0 Å². The standard InChI is InChI=1S/C16H24N2O2S/c1-4-13-5-7-14(8-6-13)16-17-11-15(19)18(16)10-9-12(2)21(3)20/h5-8,12,16-17H,4,9-11H2,1-3H3. The molecule has 1 heterocycles. The van der Waals surface area contributed by atoms with Crippen molar-refractivity contribution in [2.75, 3.05) is 19.3 Å². The van der Waals surface area contributed by atoms with Crippen molar-refractivity contribution in [1.29, 1.82) is 0 Å². The van der Waals surface area contributed by atoms with Gasteiger partial charge in [-0.3, -0.25) is 14.3 Å². The Morgan fingerprint density at radius 2 is 2.05 bits per heavy atom. The lowest BCUT2D eigenvalue weighted by Crippen LogP contribution is -2.33. The fourth-order valence-corrected chi connectivity index (χ4v) is 2.95. The third kappa shape index (κ3) is 3.92. The molecule has 1 aliphatic heterocycles. The third-order valence-electron chi connectivity index (χ3n) is 4.13. The highest BCUT2D eigenvalue weighted by Gasteiger charge is 2.31. The van der Waals surface area contributed by atoms with Gasteiger partial charge in [0, 0.05) is 28.9 Å². The van der Waals surface area contributed by atoms with E-state index in [1.165, 1.54) is 5.56 Å². The summed E-state index contributed by atoms with van der Waals surface area (Å²) >= 11 is 0. The predicted octanol–water partition coefficient (Wildman–Crippen LogP) is 1.84. The topological polar surface area (TPSA) is 49.4 Å². The van der Waals surface area contributed by atoms with Crippen LogP contribution in [0.15, 0.2) is 24.3 Å². The maximum atomic E-state index is 12.1. The summed E-state index contributed by atoms with van der Waals surface area (Å²) in [5.41, 5.74) is 2.41. The van der Waals surface area contributed by atoms with Gasteiger partial charge in [0.1, 0.15) is 6.17 Å². The second-order valence-electron chi connectivity index (χ2n) is 5.56. The third-order valence-corrected chi connectivity index (χ3v) is 5.49. The Labute approximate surface area is 129 Å². The fourth-order valence-electron chi connectivity index (χ4n) is 2.51. The summed E-state index contributed by atoms with van der Waals surface area (Å²) in [5.74, 6) is 0.119. The van der Waals surface area contributed by atoms with E-state index in [0.717, 1.165) is 18.4 Å². The van der Waals surface area contributed by atoms with Crippen molar-refractivity contribution >= 4 is 16.7 Å². The predicted molar refractivity (Wildman–Crippen MR) is 86.4 cm³/mol. The highest BCUT2D eigenvalue weighted by molar-refractivity contribution is 7.84. The molecule has 1 N–H and O–H groups in total. The van der Waals surface area contributed by atoms with Gasteiger partial charge in [0.25, 0.3) is 0 Å². The number of hydrogen-bond acceptors (Lipinski definition) is 3. The van der Waals surface area contributed by atoms with Crippen molar-refractivity contribution in [3.63, 3.8) is 0 Å². The lowest BCUT2D eigenvalue weighted by Gasteiger charge is -2.25. The first kappa shape index (κ1) is 16.2. The summed E-state index contributed by atoms with van der Waals surface area (Å²) in [6, 6.07) is 8.40. The SMILES string of the molecule is CCc1ccc(C2NCC(=O)N2CCC(C)S(C)=O)cc1. The van der Waals surface area contributed by atoms with Crippen LogP contribution in [0, 0.1) is 0 Å². The van der Waals surface area contributed by atoms with E-state index in [-0.39, 0.29) is 17.3 Å². The average molecular weight is 308 g/mol. The molecule has 5 heteroatoms. The Morgan fingerprint density at radius 1 is 1.38 bits per heavy atom. The van der Waals surface area contributed by atoms with Gasteiger partial charge in [0.05, 0.1) is 6.54 Å². The number of carbonyl (C=O) groups excluding carboxylic acids is 1. The lowest BCUT2D eigenvalue weighted by molar-refractivity contribution is -0.128. The second-order valence-corrected chi connectivity index (χ2v) is 7.37. The van der Waals surface area contributed by atoms with Gasteiger partial charge in [-0.05, 0) is 24.0 Å². The molecule has 0 aliphatic carbocycles. The molecule has 1 saturated heterocycles. The van der Waals surface area contributed by atoms with E-state index in [1.807, 2.05) is 11.8 Å². The molecule has 0 bridgehead atoms. The van der Waals surface area contributed by atoms with Crippen molar-refractivity contribution in [3.05, 3.63) is 35.4 Å². The first-order valence-corrected chi connectivity index (χ1v) is 9.09. The Bertz CT molecular complexity index is 516. The highest BCUT2D eigenvalue weighted by atomic mass is 32.2. The second kappa shape index (κ2) is 7.18. The quantitative estimate of drug-likeness (QED) is 0.872. The Morgan fingerprint density at radius 3 is 2.62 bits per heavy atom. The number of amides is 1. The molecule has 21 heavy (non-hydrogen) atoms. The number of hydrogen-bond donors (Lipinski definition) is 1. The van der Waals surface area contributed by atoms with Crippen LogP contribution in [0.2, 0.25) is 0 Å². The minimum atomic E-state index is -0.840. The minimum Gasteiger partial charge on any atom is -0.322 e. The molecule has 116 valence electrons. The largest absolute Gasteiger partial charge is 0.322 e. The van der Waals surface area contributed by atoms with Crippen LogP contribution in [0.25, 0.3) is 0 Å². The van der Waals surface area contributed by atoms with Crippen molar-refractivity contribution in [1.82, 2.24) is 10.2 Å². The first-order chi connectivity index (χ1) is 10.0. The van der Waals surface area contributed by atoms with Crippen molar-refractivity contribution in [2.45, 2.75) is 38.1 Å². The van der Waals surface area contributed by atoms with Crippen LogP contribution in [-0.4, -0.2) is 39.6 Å². The minimum absolute atomic E-state index is 0.0547. The normalized spacial score (nSPS) is 21.6. The van der Waals surface area contributed by atoms with Gasteiger partial charge in [-0.15, -0.1) is 0 Å². The van der Waals surface area contributed by atoms with E-state index in [4.69, 9.17) is 0 Å². The van der Waals surface area contributed by atoms with Crippen LogP contribution < -0.4 is 5.32 Å². The Balaban J connectivity index is 2.06. The fraction of sp³-hybridized carbons (Fsp3) is 0.562. The zero-order valence-electron chi connectivity index (χ0n) is 13.0. The van der Waals surface area contributed by atoms with Crippen LogP contribution in [0.4, 0.5) is 0 Å². The number of carbonyl (C=O) groups is 1. The molecule has 0 radical (unpaired) electrons. The van der Waals surface area contributed by atoms with Crippen LogP contribution >= 0.6 is 0 Å². The lowest BCUT2D eigenvalue weighted by atomic mass is 10.1. The van der Waals surface area contributed by atoms with Gasteiger partial charge in [0.15, 0.2) is 0 Å². The summed E-state index contributed by atoms with van der Waals surface area (Å²) in [6.07, 6.45) is 3.44. The van der Waals surface area contributed by atoms with Crippen LogP contribution in [0.5, 0.6) is 0 Å². The zero-order valence-corrected chi connectivity index (χ0v) is 13.8. The molecule has 1 aromatic carbocycles. The maximum absolute atomic E-state index is 12.1. The molecule has 0 saturated carbocycles. The molecule has 2 rings (SSSR count). The van der Waals surface area contributed by atoms with Crippen LogP contribution in [-0.2, 0) is 22.0 Å². The smallest absolute Gasteiger partial charge is 0.238 e. The molecule has 0 spiro atoms. The van der Waals surface area contributed by atoms with Crippen LogP contribution in [0.1, 0.15) is 37.6 Å². The molecule has 1 fully saturated rings. The van der Waals surface area contributed by atoms with Gasteiger partial charge in [-0.1, -0.05) is 38.1 Å². The summed E-state index contributed by atoms with van der Waals surface area (Å²) in [5, 5.41) is 3.38. The van der Waals surface area contributed by atoms with Crippen molar-refractivity contribution in [3.8, 4) is 0 Å². The maximum Gasteiger partial charge on any atom is 0.238 e. The zero-order chi connectivity index (χ0) is 15.4. The number of nitrogens with one attached hydrogen (secondary N) is 1. The van der Waals surface area contributed by atoms with Gasteiger partial charge >= 0.3 is 0 Å². The van der Waals surface area contributed by atoms with Crippen molar-refractivity contribution in [2.24, 2.45) is 0 Å². The van der Waals surface area contributed by atoms with E-state index in [0.29, 0.717) is 13.1 Å². The Kier molecular flexibility index (Phi) is 5.53. The summed E-state index contributed by atoms with van der Waals surface area (Å²) < 4.78 is 11.4. The average Bonchev–Trinajstić information content (AvgIpc) is 2.85. The molecule has 3 atom stereocenters. The molecule has 4 nitrogen and oxygen atoms in total.